The second-order valence-corrected chi connectivity index (χ2v) is 7.23. The number of hydrogen-bond donors (Lipinski definition) is 0. The molecule has 0 aliphatic carbocycles. The molecule has 0 N–H and O–H groups in total. The largest absolute Gasteiger partial charge is 0.305 e. The first-order valence-electron chi connectivity index (χ1n) is 8.15. The van der Waals surface area contributed by atoms with Gasteiger partial charge in [0.25, 0.3) is 0 Å². The molecular formula is C17H18ClN5S. The molecule has 24 heavy (non-hydrogen) atoms. The zero-order valence-electron chi connectivity index (χ0n) is 13.4. The second kappa shape index (κ2) is 6.61. The third-order valence-electron chi connectivity index (χ3n) is 3.96. The lowest BCUT2D eigenvalue weighted by atomic mass is 10.2. The average molecular weight is 360 g/mol. The Hall–Kier alpha value is -1.79. The third kappa shape index (κ3) is 2.74. The summed E-state index contributed by atoms with van der Waals surface area (Å²) in [6, 6.07) is 7.68. The molecule has 0 unspecified atom stereocenters. The van der Waals surface area contributed by atoms with Crippen LogP contribution in [0.5, 0.6) is 0 Å². The Kier molecular flexibility index (Phi) is 4.33. The molecule has 2 aliphatic rings. The molecule has 7 heteroatoms. The monoisotopic (exact) mass is 359 g/mol. The van der Waals surface area contributed by atoms with Crippen molar-refractivity contribution in [1.29, 1.82) is 0 Å². The number of benzene rings is 1. The van der Waals surface area contributed by atoms with Gasteiger partial charge in [-0.1, -0.05) is 36.4 Å². The van der Waals surface area contributed by atoms with Crippen molar-refractivity contribution < 1.29 is 0 Å². The van der Waals surface area contributed by atoms with Crippen LogP contribution in [0.25, 0.3) is 5.69 Å². The molecule has 0 fully saturated rings. The highest BCUT2D eigenvalue weighted by Gasteiger charge is 2.31. The van der Waals surface area contributed by atoms with Crippen molar-refractivity contribution in [2.75, 3.05) is 18.8 Å². The van der Waals surface area contributed by atoms with Gasteiger partial charge < -0.3 is 4.90 Å². The maximum Gasteiger partial charge on any atom is 0.171 e. The zero-order chi connectivity index (χ0) is 16.5. The van der Waals surface area contributed by atoms with Crippen molar-refractivity contribution >= 4 is 40.2 Å². The summed E-state index contributed by atoms with van der Waals surface area (Å²) in [6.07, 6.45) is 4.04. The van der Waals surface area contributed by atoms with Gasteiger partial charge in [0.1, 0.15) is 5.84 Å². The van der Waals surface area contributed by atoms with Gasteiger partial charge in [0.05, 0.1) is 17.4 Å². The highest BCUT2D eigenvalue weighted by Crippen LogP contribution is 2.33. The van der Waals surface area contributed by atoms with E-state index in [1.807, 2.05) is 35.1 Å². The third-order valence-corrected chi connectivity index (χ3v) is 5.38. The lowest BCUT2D eigenvalue weighted by Crippen LogP contribution is -2.41. The molecular weight excluding hydrogens is 342 g/mol. The van der Waals surface area contributed by atoms with Crippen LogP contribution in [0.2, 0.25) is 5.02 Å². The Morgan fingerprint density at radius 2 is 2.25 bits per heavy atom. The predicted molar refractivity (Wildman–Crippen MR) is 101 cm³/mol. The molecule has 124 valence electrons. The van der Waals surface area contributed by atoms with Crippen LogP contribution in [0.4, 0.5) is 5.82 Å². The van der Waals surface area contributed by atoms with Crippen molar-refractivity contribution in [3.05, 3.63) is 41.0 Å². The number of aliphatic imine (C=N–C) groups is 2. The van der Waals surface area contributed by atoms with Crippen LogP contribution in [-0.4, -0.2) is 44.5 Å². The zero-order valence-corrected chi connectivity index (χ0v) is 15.0. The first-order valence-corrected chi connectivity index (χ1v) is 9.52. The normalized spacial score (nSPS) is 16.3. The molecule has 0 bridgehead atoms. The van der Waals surface area contributed by atoms with E-state index in [4.69, 9.17) is 21.6 Å². The van der Waals surface area contributed by atoms with Crippen molar-refractivity contribution in [3.8, 4) is 5.69 Å². The standard InChI is InChI=1S/C17H18ClN5S/c1-2-9-24-17-21-16-14(15-19-7-4-8-22(15)17)11-20-23(16)13-6-3-5-12(18)10-13/h3,5-6,10-11H,2,4,7-9H2,1H3. The number of aromatic nitrogens is 2. The fourth-order valence-electron chi connectivity index (χ4n) is 2.88. The Morgan fingerprint density at radius 1 is 1.33 bits per heavy atom. The summed E-state index contributed by atoms with van der Waals surface area (Å²) >= 11 is 7.92. The number of hydrogen-bond acceptors (Lipinski definition) is 5. The van der Waals surface area contributed by atoms with E-state index in [-0.39, 0.29) is 0 Å². The number of rotatable bonds is 3. The number of halogens is 1. The minimum atomic E-state index is 0.689. The van der Waals surface area contributed by atoms with Crippen LogP contribution in [0.15, 0.2) is 40.4 Å². The van der Waals surface area contributed by atoms with Gasteiger partial charge in [-0.25, -0.2) is 9.67 Å². The number of fused-ring (bicyclic) bond motifs is 3. The quantitative estimate of drug-likeness (QED) is 0.828. The van der Waals surface area contributed by atoms with Crippen LogP contribution < -0.4 is 0 Å². The van der Waals surface area contributed by atoms with Crippen molar-refractivity contribution in [2.24, 2.45) is 9.98 Å². The van der Waals surface area contributed by atoms with Gasteiger partial charge in [-0.2, -0.15) is 5.10 Å². The molecule has 0 saturated heterocycles. The van der Waals surface area contributed by atoms with Crippen molar-refractivity contribution in [3.63, 3.8) is 0 Å². The number of thioether (sulfide) groups is 1. The van der Waals surface area contributed by atoms with Gasteiger partial charge >= 0.3 is 0 Å². The molecule has 1 aromatic carbocycles. The van der Waals surface area contributed by atoms with E-state index in [9.17, 15) is 0 Å². The first-order chi connectivity index (χ1) is 11.8. The van der Waals surface area contributed by atoms with E-state index in [0.717, 1.165) is 59.8 Å². The summed E-state index contributed by atoms with van der Waals surface area (Å²) in [5.41, 5.74) is 1.91. The van der Waals surface area contributed by atoms with Gasteiger partial charge in [0.2, 0.25) is 0 Å². The Morgan fingerprint density at radius 3 is 3.08 bits per heavy atom. The lowest BCUT2D eigenvalue weighted by Gasteiger charge is -2.32. The van der Waals surface area contributed by atoms with Gasteiger partial charge in [0.15, 0.2) is 11.0 Å². The molecule has 4 rings (SSSR count). The average Bonchev–Trinajstić information content (AvgIpc) is 3.04. The fourth-order valence-corrected chi connectivity index (χ4v) is 3.94. The minimum absolute atomic E-state index is 0.689. The number of nitrogens with zero attached hydrogens (tertiary/aromatic N) is 5. The molecule has 3 heterocycles. The van der Waals surface area contributed by atoms with E-state index in [0.29, 0.717) is 5.02 Å². The molecule has 0 saturated carbocycles. The molecule has 0 amide bonds. The first kappa shape index (κ1) is 15.7. The predicted octanol–water partition coefficient (Wildman–Crippen LogP) is 4.12. The van der Waals surface area contributed by atoms with Crippen LogP contribution in [0.3, 0.4) is 0 Å². The lowest BCUT2D eigenvalue weighted by molar-refractivity contribution is 0.553. The summed E-state index contributed by atoms with van der Waals surface area (Å²) in [6.45, 7) is 4.01. The van der Waals surface area contributed by atoms with Crippen molar-refractivity contribution in [2.45, 2.75) is 19.8 Å². The van der Waals surface area contributed by atoms with Crippen LogP contribution in [-0.2, 0) is 0 Å². The molecule has 0 spiro atoms. The second-order valence-electron chi connectivity index (χ2n) is 5.73. The molecule has 0 atom stereocenters. The van der Waals surface area contributed by atoms with Gasteiger partial charge in [-0.15, -0.1) is 0 Å². The number of amidine groups is 2. The molecule has 2 aliphatic heterocycles. The van der Waals surface area contributed by atoms with Crippen LogP contribution in [0.1, 0.15) is 25.3 Å². The molecule has 1 aromatic heterocycles. The summed E-state index contributed by atoms with van der Waals surface area (Å²) in [5.74, 6) is 2.88. The molecule has 0 radical (unpaired) electrons. The van der Waals surface area contributed by atoms with Crippen LogP contribution in [0, 0.1) is 0 Å². The summed E-state index contributed by atoms with van der Waals surface area (Å²) in [5, 5.41) is 6.26. The van der Waals surface area contributed by atoms with E-state index >= 15 is 0 Å². The van der Waals surface area contributed by atoms with Crippen LogP contribution >= 0.6 is 23.4 Å². The van der Waals surface area contributed by atoms with Crippen molar-refractivity contribution in [1.82, 2.24) is 14.7 Å². The van der Waals surface area contributed by atoms with Gasteiger partial charge in [-0.3, -0.25) is 4.99 Å². The minimum Gasteiger partial charge on any atom is -0.305 e. The van der Waals surface area contributed by atoms with E-state index in [1.54, 1.807) is 11.8 Å². The summed E-state index contributed by atoms with van der Waals surface area (Å²) < 4.78 is 1.85. The Balaban J connectivity index is 1.83. The molecule has 2 aromatic rings. The highest BCUT2D eigenvalue weighted by molar-refractivity contribution is 8.13. The van der Waals surface area contributed by atoms with Gasteiger partial charge in [0, 0.05) is 23.9 Å². The Labute approximate surface area is 150 Å². The SMILES string of the molecule is CCCSC1=Nc2c(cnn2-c2cccc(Cl)c2)C2=NCCCN12. The fraction of sp³-hybridized carbons (Fsp3) is 0.353. The smallest absolute Gasteiger partial charge is 0.171 e. The van der Waals surface area contributed by atoms with E-state index in [1.165, 1.54) is 0 Å². The Bertz CT molecular complexity index is 826. The maximum absolute atomic E-state index is 6.14. The topological polar surface area (TPSA) is 45.8 Å². The van der Waals surface area contributed by atoms with E-state index in [2.05, 4.69) is 16.9 Å². The summed E-state index contributed by atoms with van der Waals surface area (Å²) in [4.78, 5) is 11.9. The summed E-state index contributed by atoms with van der Waals surface area (Å²) in [7, 11) is 0. The molecule has 5 nitrogen and oxygen atoms in total. The van der Waals surface area contributed by atoms with E-state index < -0.39 is 0 Å². The van der Waals surface area contributed by atoms with Gasteiger partial charge in [-0.05, 0) is 31.0 Å². The maximum atomic E-state index is 6.14. The highest BCUT2D eigenvalue weighted by atomic mass is 35.5.